The van der Waals surface area contributed by atoms with Gasteiger partial charge in [0.15, 0.2) is 0 Å². The van der Waals surface area contributed by atoms with E-state index in [1.165, 1.54) is 37.1 Å². The van der Waals surface area contributed by atoms with Crippen molar-refractivity contribution in [2.24, 2.45) is 5.92 Å². The number of halogens is 3. The van der Waals surface area contributed by atoms with E-state index in [4.69, 9.17) is 4.74 Å². The summed E-state index contributed by atoms with van der Waals surface area (Å²) in [6, 6.07) is 6.91. The molecule has 2 aromatic rings. The van der Waals surface area contributed by atoms with Crippen LogP contribution >= 0.6 is 0 Å². The van der Waals surface area contributed by atoms with Crippen LogP contribution in [-0.4, -0.2) is 5.11 Å². The van der Waals surface area contributed by atoms with E-state index in [-0.39, 0.29) is 17.4 Å². The maximum Gasteiger partial charge on any atom is 0.429 e. The predicted octanol–water partition coefficient (Wildman–Crippen LogP) is 9.33. The van der Waals surface area contributed by atoms with E-state index in [0.29, 0.717) is 11.1 Å². The highest BCUT2D eigenvalue weighted by molar-refractivity contribution is 5.52. The minimum atomic E-state index is -3.86. The minimum Gasteiger partial charge on any atom is -0.507 e. The molecule has 1 fully saturated rings. The first kappa shape index (κ1) is 27.4. The Morgan fingerprint density at radius 3 is 1.86 bits per heavy atom. The smallest absolute Gasteiger partial charge is 0.429 e. The Kier molecular flexibility index (Phi) is 7.88. The number of hydrogen-bond acceptors (Lipinski definition) is 2. The average molecular weight is 491 g/mol. The van der Waals surface area contributed by atoms with Gasteiger partial charge < -0.3 is 9.84 Å². The normalized spacial score (nSPS) is 19.6. The Balaban J connectivity index is 1.88. The highest BCUT2D eigenvalue weighted by Gasteiger charge is 2.39. The summed E-state index contributed by atoms with van der Waals surface area (Å²) in [6.07, 6.45) is 2.67. The number of aromatic hydroxyl groups is 1. The summed E-state index contributed by atoms with van der Waals surface area (Å²) >= 11 is 0. The lowest BCUT2D eigenvalue weighted by Crippen LogP contribution is -2.25. The number of benzene rings is 2. The van der Waals surface area contributed by atoms with Gasteiger partial charge in [0, 0.05) is 11.1 Å². The number of phenols is 1. The van der Waals surface area contributed by atoms with Crippen LogP contribution in [0.3, 0.4) is 0 Å². The second kappa shape index (κ2) is 10.1. The fourth-order valence-corrected chi connectivity index (χ4v) is 5.23. The summed E-state index contributed by atoms with van der Waals surface area (Å²) in [5.41, 5.74) is 0.0227. The summed E-state index contributed by atoms with van der Waals surface area (Å²) in [4.78, 5) is 0. The van der Waals surface area contributed by atoms with Crippen molar-refractivity contribution in [3.05, 3.63) is 58.4 Å². The van der Waals surface area contributed by atoms with Crippen LogP contribution in [0.4, 0.5) is 13.2 Å². The van der Waals surface area contributed by atoms with Crippen molar-refractivity contribution in [3.63, 3.8) is 0 Å². The van der Waals surface area contributed by atoms with Crippen molar-refractivity contribution in [1.29, 1.82) is 0 Å². The first-order valence-corrected chi connectivity index (χ1v) is 12.9. The van der Waals surface area contributed by atoms with Crippen molar-refractivity contribution in [1.82, 2.24) is 0 Å². The molecule has 1 aliphatic carbocycles. The molecule has 1 N–H and O–H groups in total. The Bertz CT molecular complexity index is 988. The first-order valence-electron chi connectivity index (χ1n) is 12.9. The molecule has 0 atom stereocenters. The zero-order valence-electron chi connectivity index (χ0n) is 22.3. The second-order valence-corrected chi connectivity index (χ2v) is 12.2. The number of phenolic OH excluding ortho intramolecular Hbond substituents is 1. The van der Waals surface area contributed by atoms with E-state index in [9.17, 15) is 5.11 Å². The van der Waals surface area contributed by atoms with E-state index in [1.807, 2.05) is 41.5 Å². The van der Waals surface area contributed by atoms with Crippen molar-refractivity contribution < 1.29 is 23.0 Å². The topological polar surface area (TPSA) is 29.5 Å². The van der Waals surface area contributed by atoms with Crippen LogP contribution in [0.1, 0.15) is 115 Å². The largest absolute Gasteiger partial charge is 0.507 e. The van der Waals surface area contributed by atoms with Gasteiger partial charge in [0.2, 0.25) is 0 Å². The molecule has 0 aromatic heterocycles. The van der Waals surface area contributed by atoms with Gasteiger partial charge in [0.1, 0.15) is 17.3 Å². The predicted molar refractivity (Wildman–Crippen MR) is 136 cm³/mol. The van der Waals surface area contributed by atoms with Gasteiger partial charge in [-0.3, -0.25) is 0 Å². The van der Waals surface area contributed by atoms with Gasteiger partial charge in [-0.2, -0.15) is 8.78 Å². The standard InChI is InChI=1S/C30H41F3O2/c1-8-9-19-10-12-20(13-11-19)21-14-15-23(26(31)16-21)30(32,33)35-22-17-24(28(2,3)4)27(34)25(18-22)29(5,6)7/h14-20,34H,8-13H2,1-7H3. The molecule has 194 valence electrons. The molecule has 0 amide bonds. The van der Waals surface area contributed by atoms with Gasteiger partial charge in [0.25, 0.3) is 0 Å². The number of ether oxygens (including phenoxy) is 1. The van der Waals surface area contributed by atoms with Gasteiger partial charge >= 0.3 is 6.11 Å². The van der Waals surface area contributed by atoms with Crippen molar-refractivity contribution >= 4 is 0 Å². The molecule has 0 heterocycles. The van der Waals surface area contributed by atoms with Crippen LogP contribution < -0.4 is 4.74 Å². The van der Waals surface area contributed by atoms with Crippen LogP contribution in [-0.2, 0) is 16.9 Å². The van der Waals surface area contributed by atoms with E-state index in [2.05, 4.69) is 6.92 Å². The fraction of sp³-hybridized carbons (Fsp3) is 0.600. The maximum atomic E-state index is 15.2. The zero-order chi connectivity index (χ0) is 26.2. The first-order chi connectivity index (χ1) is 16.1. The lowest BCUT2D eigenvalue weighted by molar-refractivity contribution is -0.187. The molecular formula is C30H41F3O2. The van der Waals surface area contributed by atoms with Crippen molar-refractivity contribution in [3.8, 4) is 11.5 Å². The SMILES string of the molecule is CCCC1CCC(c2ccc(C(F)(F)Oc3cc(C(C)(C)C)c(O)c(C(C)(C)C)c3)c(F)c2)CC1. The summed E-state index contributed by atoms with van der Waals surface area (Å²) in [7, 11) is 0. The van der Waals surface area contributed by atoms with Gasteiger partial charge in [-0.15, -0.1) is 0 Å². The van der Waals surface area contributed by atoms with Gasteiger partial charge in [-0.1, -0.05) is 67.4 Å². The highest BCUT2D eigenvalue weighted by Crippen LogP contribution is 2.44. The Morgan fingerprint density at radius 2 is 1.40 bits per heavy atom. The third kappa shape index (κ3) is 6.34. The number of rotatable bonds is 6. The molecule has 0 spiro atoms. The summed E-state index contributed by atoms with van der Waals surface area (Å²) < 4.78 is 50.6. The molecule has 1 aliphatic rings. The Morgan fingerprint density at radius 1 is 0.857 bits per heavy atom. The molecule has 0 bridgehead atoms. The monoisotopic (exact) mass is 490 g/mol. The molecule has 0 unspecified atom stereocenters. The van der Waals surface area contributed by atoms with Gasteiger partial charge in [-0.25, -0.2) is 4.39 Å². The van der Waals surface area contributed by atoms with Crippen LogP contribution in [0.5, 0.6) is 11.5 Å². The third-order valence-corrected chi connectivity index (χ3v) is 7.27. The number of hydrogen-bond donors (Lipinski definition) is 1. The fourth-order valence-electron chi connectivity index (χ4n) is 5.23. The van der Waals surface area contributed by atoms with E-state index in [1.54, 1.807) is 6.07 Å². The summed E-state index contributed by atoms with van der Waals surface area (Å²) in [6.45, 7) is 13.5. The lowest BCUT2D eigenvalue weighted by Gasteiger charge is -2.30. The maximum absolute atomic E-state index is 15.2. The van der Waals surface area contributed by atoms with Gasteiger partial charge in [-0.05, 0) is 78.2 Å². The molecule has 0 aliphatic heterocycles. The molecule has 35 heavy (non-hydrogen) atoms. The van der Waals surface area contributed by atoms with E-state index >= 15 is 13.2 Å². The molecule has 0 saturated heterocycles. The van der Waals surface area contributed by atoms with Crippen LogP contribution in [0.25, 0.3) is 0 Å². The third-order valence-electron chi connectivity index (χ3n) is 7.27. The molecule has 5 heteroatoms. The quantitative estimate of drug-likeness (QED) is 0.437. The number of alkyl halides is 2. The van der Waals surface area contributed by atoms with Crippen LogP contribution in [0.2, 0.25) is 0 Å². The van der Waals surface area contributed by atoms with Gasteiger partial charge in [0.05, 0.1) is 5.56 Å². The molecule has 2 aromatic carbocycles. The molecule has 0 radical (unpaired) electrons. The van der Waals surface area contributed by atoms with Crippen molar-refractivity contribution in [2.75, 3.05) is 0 Å². The Labute approximate surface area is 208 Å². The molecule has 2 nitrogen and oxygen atoms in total. The minimum absolute atomic E-state index is 0.0739. The molecule has 1 saturated carbocycles. The van der Waals surface area contributed by atoms with Crippen LogP contribution in [0, 0.1) is 11.7 Å². The summed E-state index contributed by atoms with van der Waals surface area (Å²) in [5.74, 6) is -0.0411. The van der Waals surface area contributed by atoms with Crippen molar-refractivity contribution in [2.45, 2.75) is 110 Å². The Hall–Kier alpha value is -2.17. The zero-order valence-corrected chi connectivity index (χ0v) is 22.3. The molecular weight excluding hydrogens is 449 g/mol. The highest BCUT2D eigenvalue weighted by atomic mass is 19.3. The van der Waals surface area contributed by atoms with E-state index < -0.39 is 28.3 Å². The van der Waals surface area contributed by atoms with E-state index in [0.717, 1.165) is 37.2 Å². The average Bonchev–Trinajstić information content (AvgIpc) is 2.73. The summed E-state index contributed by atoms with van der Waals surface area (Å²) in [5, 5.41) is 10.8. The lowest BCUT2D eigenvalue weighted by atomic mass is 9.77. The van der Waals surface area contributed by atoms with Crippen LogP contribution in [0.15, 0.2) is 30.3 Å². The second-order valence-electron chi connectivity index (χ2n) is 12.2. The molecule has 3 rings (SSSR count).